The van der Waals surface area contributed by atoms with Gasteiger partial charge in [-0.2, -0.15) is 0 Å². The summed E-state index contributed by atoms with van der Waals surface area (Å²) >= 11 is 0. The molecule has 1 aliphatic heterocycles. The van der Waals surface area contributed by atoms with Crippen LogP contribution < -0.4 is 0 Å². The Bertz CT molecular complexity index is 3050. The number of hydrogen-bond acceptors (Lipinski definition) is 3. The van der Waals surface area contributed by atoms with Crippen LogP contribution in [0.15, 0.2) is 194 Å². The van der Waals surface area contributed by atoms with Crippen LogP contribution in [0.2, 0.25) is 0 Å². The van der Waals surface area contributed by atoms with E-state index < -0.39 is 0 Å². The van der Waals surface area contributed by atoms with Crippen LogP contribution in [0.4, 0.5) is 0 Å². The van der Waals surface area contributed by atoms with Gasteiger partial charge in [0.05, 0.1) is 16.7 Å². The third-order valence-corrected chi connectivity index (χ3v) is 11.8. The molecule has 0 fully saturated rings. The zero-order chi connectivity index (χ0) is 38.8. The molecule has 10 aromatic rings. The Labute approximate surface area is 337 Å². The summed E-state index contributed by atoms with van der Waals surface area (Å²) in [6.07, 6.45) is 0. The van der Waals surface area contributed by atoms with E-state index in [2.05, 4.69) is 176 Å². The maximum absolute atomic E-state index is 5.06. The molecular formula is C54H38N4. The maximum atomic E-state index is 5.06. The molecule has 3 heterocycles. The largest absolute Gasteiger partial charge is 0.309 e. The van der Waals surface area contributed by atoms with Gasteiger partial charge in [-0.15, -0.1) is 0 Å². The van der Waals surface area contributed by atoms with Gasteiger partial charge in [0.1, 0.15) is 0 Å². The van der Waals surface area contributed by atoms with E-state index in [0.29, 0.717) is 17.5 Å². The predicted molar refractivity (Wildman–Crippen MR) is 239 cm³/mol. The number of hydrogen-bond donors (Lipinski definition) is 0. The van der Waals surface area contributed by atoms with E-state index in [9.17, 15) is 0 Å². The van der Waals surface area contributed by atoms with Crippen molar-refractivity contribution < 1.29 is 0 Å². The van der Waals surface area contributed by atoms with Gasteiger partial charge in [0.25, 0.3) is 0 Å². The topological polar surface area (TPSA) is 43.6 Å². The van der Waals surface area contributed by atoms with Gasteiger partial charge < -0.3 is 4.57 Å². The smallest absolute Gasteiger partial charge is 0.164 e. The minimum Gasteiger partial charge on any atom is -0.309 e. The second kappa shape index (κ2) is 13.4. The molecule has 0 atom stereocenters. The highest BCUT2D eigenvalue weighted by Gasteiger charge is 2.35. The summed E-state index contributed by atoms with van der Waals surface area (Å²) in [5, 5.41) is 2.40. The van der Waals surface area contributed by atoms with Gasteiger partial charge in [0, 0.05) is 32.9 Å². The number of para-hydroxylation sites is 1. The van der Waals surface area contributed by atoms with Gasteiger partial charge in [0.2, 0.25) is 0 Å². The molecule has 0 N–H and O–H groups in total. The first-order chi connectivity index (χ1) is 28.5. The van der Waals surface area contributed by atoms with Crippen LogP contribution in [0, 0.1) is 0 Å². The average Bonchev–Trinajstić information content (AvgIpc) is 3.63. The second-order valence-corrected chi connectivity index (χ2v) is 15.7. The molecule has 11 rings (SSSR count). The van der Waals surface area contributed by atoms with E-state index in [1.165, 1.54) is 66.5 Å². The quantitative estimate of drug-likeness (QED) is 0.170. The zero-order valence-electron chi connectivity index (χ0n) is 32.3. The summed E-state index contributed by atoms with van der Waals surface area (Å²) in [5.74, 6) is 1.97. The summed E-state index contributed by atoms with van der Waals surface area (Å²) < 4.78 is 2.47. The first kappa shape index (κ1) is 33.9. The average molecular weight is 743 g/mol. The summed E-state index contributed by atoms with van der Waals surface area (Å²) in [7, 11) is 0. The van der Waals surface area contributed by atoms with Crippen LogP contribution in [0.3, 0.4) is 0 Å². The second-order valence-electron chi connectivity index (χ2n) is 15.7. The van der Waals surface area contributed by atoms with Crippen LogP contribution in [0.5, 0.6) is 0 Å². The third-order valence-electron chi connectivity index (χ3n) is 11.8. The number of nitrogens with zero attached hydrogens (tertiary/aromatic N) is 4. The lowest BCUT2D eigenvalue weighted by atomic mass is 9.74. The van der Waals surface area contributed by atoms with E-state index in [0.717, 1.165) is 22.2 Å². The Morgan fingerprint density at radius 1 is 0.345 bits per heavy atom. The fourth-order valence-electron chi connectivity index (χ4n) is 8.85. The molecule has 0 radical (unpaired) electrons. The van der Waals surface area contributed by atoms with E-state index in [4.69, 9.17) is 15.0 Å². The minimum absolute atomic E-state index is 0.249. The third kappa shape index (κ3) is 5.56. The van der Waals surface area contributed by atoms with Crippen molar-refractivity contribution in [2.24, 2.45) is 0 Å². The molecule has 0 aliphatic carbocycles. The first-order valence-corrected chi connectivity index (χ1v) is 19.9. The predicted octanol–water partition coefficient (Wildman–Crippen LogP) is 13.6. The van der Waals surface area contributed by atoms with Crippen molar-refractivity contribution in [3.05, 3.63) is 205 Å². The monoisotopic (exact) mass is 742 g/mol. The molecule has 0 spiro atoms. The molecule has 4 heteroatoms. The van der Waals surface area contributed by atoms with E-state index in [1.807, 2.05) is 36.4 Å². The highest BCUT2D eigenvalue weighted by molar-refractivity contribution is 6.12. The van der Waals surface area contributed by atoms with Gasteiger partial charge in [-0.05, 0) is 93.0 Å². The summed E-state index contributed by atoms with van der Waals surface area (Å²) in [6.45, 7) is 4.74. The number of fused-ring (bicyclic) bond motifs is 5. The Hall–Kier alpha value is -7.43. The van der Waals surface area contributed by atoms with Crippen molar-refractivity contribution in [1.29, 1.82) is 0 Å². The fourth-order valence-corrected chi connectivity index (χ4v) is 8.85. The highest BCUT2D eigenvalue weighted by Crippen LogP contribution is 2.49. The standard InChI is InChI=1S/C54H38N4/c1-54(2)46-25-15-24-44-45-33-40(53-56-51(37-20-11-5-12-21-37)55-52(57-53)38-22-13-6-14-23-38)27-28-48(45)58(50(44)46)49-29-26-39(34-47(49)54)43-31-41(35-16-7-3-8-17-35)30-42(32-43)36-18-9-4-10-19-36/h3-34H,1-2H3. The number of aromatic nitrogens is 4. The zero-order valence-corrected chi connectivity index (χ0v) is 32.3. The van der Waals surface area contributed by atoms with Crippen molar-refractivity contribution in [1.82, 2.24) is 19.5 Å². The number of benzene rings is 8. The molecule has 0 unspecified atom stereocenters. The molecule has 0 amide bonds. The molecule has 0 saturated heterocycles. The number of rotatable bonds is 6. The van der Waals surface area contributed by atoms with Crippen molar-refractivity contribution in [2.45, 2.75) is 19.3 Å². The highest BCUT2D eigenvalue weighted by atomic mass is 15.0. The van der Waals surface area contributed by atoms with Crippen LogP contribution in [-0.2, 0) is 5.41 Å². The fraction of sp³-hybridized carbons (Fsp3) is 0.0556. The molecule has 0 bridgehead atoms. The van der Waals surface area contributed by atoms with Gasteiger partial charge >= 0.3 is 0 Å². The minimum atomic E-state index is -0.249. The molecule has 2 aromatic heterocycles. The summed E-state index contributed by atoms with van der Waals surface area (Å²) in [4.78, 5) is 15.1. The molecule has 4 nitrogen and oxygen atoms in total. The molecule has 58 heavy (non-hydrogen) atoms. The Morgan fingerprint density at radius 2 is 0.828 bits per heavy atom. The molecule has 1 aliphatic rings. The Kier molecular flexibility index (Phi) is 7.80. The van der Waals surface area contributed by atoms with Crippen LogP contribution in [0.25, 0.3) is 95.0 Å². The molecular weight excluding hydrogens is 705 g/mol. The molecule has 0 saturated carbocycles. The normalized spacial score (nSPS) is 12.8. The lowest BCUT2D eigenvalue weighted by Crippen LogP contribution is -2.26. The van der Waals surface area contributed by atoms with E-state index in [1.54, 1.807) is 0 Å². The summed E-state index contributed by atoms with van der Waals surface area (Å²) in [5.41, 5.74) is 16.1. The van der Waals surface area contributed by atoms with Gasteiger partial charge in [-0.3, -0.25) is 0 Å². The SMILES string of the molecule is CC1(C)c2cc(-c3cc(-c4ccccc4)cc(-c4ccccc4)c3)ccc2-n2c3ccc(-c4nc(-c5ccccc5)nc(-c5ccccc5)n4)cc3c3cccc1c32. The van der Waals surface area contributed by atoms with Crippen LogP contribution >= 0.6 is 0 Å². The van der Waals surface area contributed by atoms with Crippen molar-refractivity contribution >= 4 is 21.8 Å². The van der Waals surface area contributed by atoms with E-state index >= 15 is 0 Å². The van der Waals surface area contributed by atoms with E-state index in [-0.39, 0.29) is 5.41 Å². The van der Waals surface area contributed by atoms with Crippen molar-refractivity contribution in [2.75, 3.05) is 0 Å². The molecule has 8 aromatic carbocycles. The van der Waals surface area contributed by atoms with Crippen molar-refractivity contribution in [3.63, 3.8) is 0 Å². The van der Waals surface area contributed by atoms with Gasteiger partial charge in [-0.25, -0.2) is 15.0 Å². The van der Waals surface area contributed by atoms with Gasteiger partial charge in [0.15, 0.2) is 17.5 Å². The Morgan fingerprint density at radius 3 is 1.38 bits per heavy atom. The van der Waals surface area contributed by atoms with Crippen LogP contribution in [0.1, 0.15) is 25.0 Å². The summed E-state index contributed by atoms with van der Waals surface area (Å²) in [6, 6.07) is 69.2. The van der Waals surface area contributed by atoms with Crippen molar-refractivity contribution in [3.8, 4) is 73.2 Å². The van der Waals surface area contributed by atoms with Gasteiger partial charge in [-0.1, -0.05) is 159 Å². The maximum Gasteiger partial charge on any atom is 0.164 e. The molecule has 274 valence electrons. The lowest BCUT2D eigenvalue weighted by molar-refractivity contribution is 0.630. The van der Waals surface area contributed by atoms with Crippen LogP contribution in [-0.4, -0.2) is 19.5 Å². The first-order valence-electron chi connectivity index (χ1n) is 19.9. The Balaban J connectivity index is 1.08. The lowest BCUT2D eigenvalue weighted by Gasteiger charge is -2.35.